The van der Waals surface area contributed by atoms with Crippen LogP contribution in [0.15, 0.2) is 23.7 Å². The molecule has 2 N–H and O–H groups in total. The van der Waals surface area contributed by atoms with Crippen LogP contribution >= 0.6 is 11.3 Å². The molecule has 1 amide bonds. The lowest BCUT2D eigenvalue weighted by atomic mass is 10.2. The number of nitrogens with zero attached hydrogens (tertiary/aromatic N) is 2. The molecule has 0 spiro atoms. The van der Waals surface area contributed by atoms with E-state index < -0.39 is 0 Å². The standard InChI is InChI=1S/C14H18N4OS/c1-4-15-10(3)12-8-20-14(17-12)18-13(19)11-6-5-7-16-9(11)2/h5-8,10,15H,4H2,1-3H3,(H,17,18,19). The quantitative estimate of drug-likeness (QED) is 0.888. The number of hydrogen-bond acceptors (Lipinski definition) is 5. The van der Waals surface area contributed by atoms with Gasteiger partial charge in [0, 0.05) is 23.3 Å². The lowest BCUT2D eigenvalue weighted by molar-refractivity contribution is 0.102. The van der Waals surface area contributed by atoms with Gasteiger partial charge in [0.1, 0.15) is 0 Å². The molecule has 2 heterocycles. The number of anilines is 1. The molecule has 2 aromatic rings. The van der Waals surface area contributed by atoms with E-state index in [0.717, 1.165) is 12.2 Å². The van der Waals surface area contributed by atoms with Gasteiger partial charge in [-0.25, -0.2) is 4.98 Å². The molecule has 0 fully saturated rings. The van der Waals surface area contributed by atoms with Crippen molar-refractivity contribution in [1.82, 2.24) is 15.3 Å². The number of rotatable bonds is 5. The van der Waals surface area contributed by atoms with Crippen LogP contribution in [0.1, 0.15) is 41.6 Å². The minimum absolute atomic E-state index is 0.174. The zero-order chi connectivity index (χ0) is 14.5. The lowest BCUT2D eigenvalue weighted by Crippen LogP contribution is -2.18. The first kappa shape index (κ1) is 14.6. The van der Waals surface area contributed by atoms with Gasteiger partial charge < -0.3 is 5.32 Å². The molecule has 1 atom stereocenters. The predicted molar refractivity (Wildman–Crippen MR) is 81.1 cm³/mol. The molecule has 20 heavy (non-hydrogen) atoms. The molecule has 0 aromatic carbocycles. The molecule has 0 aliphatic carbocycles. The van der Waals surface area contributed by atoms with Gasteiger partial charge in [0.25, 0.3) is 5.91 Å². The van der Waals surface area contributed by atoms with Crippen molar-refractivity contribution in [3.63, 3.8) is 0 Å². The van der Waals surface area contributed by atoms with Crippen molar-refractivity contribution >= 4 is 22.4 Å². The van der Waals surface area contributed by atoms with E-state index in [-0.39, 0.29) is 11.9 Å². The Hall–Kier alpha value is -1.79. The monoisotopic (exact) mass is 290 g/mol. The van der Waals surface area contributed by atoms with Crippen molar-refractivity contribution in [1.29, 1.82) is 0 Å². The number of pyridine rings is 1. The summed E-state index contributed by atoms with van der Waals surface area (Å²) in [6.07, 6.45) is 1.67. The van der Waals surface area contributed by atoms with Gasteiger partial charge in [0.05, 0.1) is 11.3 Å². The fourth-order valence-electron chi connectivity index (χ4n) is 1.84. The largest absolute Gasteiger partial charge is 0.309 e. The number of aryl methyl sites for hydroxylation is 1. The zero-order valence-electron chi connectivity index (χ0n) is 11.8. The van der Waals surface area contributed by atoms with E-state index in [2.05, 4.69) is 34.4 Å². The average molecular weight is 290 g/mol. The Morgan fingerprint density at radius 2 is 2.30 bits per heavy atom. The Labute approximate surface area is 122 Å². The van der Waals surface area contributed by atoms with E-state index in [1.165, 1.54) is 11.3 Å². The Balaban J connectivity index is 2.07. The maximum absolute atomic E-state index is 12.1. The summed E-state index contributed by atoms with van der Waals surface area (Å²) in [7, 11) is 0. The predicted octanol–water partition coefficient (Wildman–Crippen LogP) is 2.77. The molecule has 0 saturated carbocycles. The topological polar surface area (TPSA) is 66.9 Å². The Morgan fingerprint density at radius 3 is 3.00 bits per heavy atom. The normalized spacial score (nSPS) is 12.2. The van der Waals surface area contributed by atoms with Gasteiger partial charge in [0.15, 0.2) is 5.13 Å². The number of hydrogen-bond donors (Lipinski definition) is 2. The molecule has 0 saturated heterocycles. The van der Waals surface area contributed by atoms with Crippen LogP contribution in [0, 0.1) is 6.92 Å². The number of carbonyl (C=O) groups excluding carboxylic acids is 1. The van der Waals surface area contributed by atoms with Crippen LogP contribution in [0.5, 0.6) is 0 Å². The summed E-state index contributed by atoms with van der Waals surface area (Å²) in [6, 6.07) is 3.69. The maximum Gasteiger partial charge on any atom is 0.259 e. The van der Waals surface area contributed by atoms with Crippen LogP contribution in [-0.2, 0) is 0 Å². The summed E-state index contributed by atoms with van der Waals surface area (Å²) >= 11 is 1.43. The van der Waals surface area contributed by atoms with E-state index in [4.69, 9.17) is 0 Å². The van der Waals surface area contributed by atoms with Gasteiger partial charge in [-0.2, -0.15) is 0 Å². The molecular weight excluding hydrogens is 272 g/mol. The maximum atomic E-state index is 12.1. The molecule has 0 aliphatic rings. The summed E-state index contributed by atoms with van der Waals surface area (Å²) in [5.41, 5.74) is 2.22. The number of thiazole rings is 1. The number of amides is 1. The van der Waals surface area contributed by atoms with Gasteiger partial charge >= 0.3 is 0 Å². The third kappa shape index (κ3) is 3.40. The number of nitrogens with one attached hydrogen (secondary N) is 2. The third-order valence-corrected chi connectivity index (χ3v) is 3.72. The molecular formula is C14H18N4OS. The molecule has 0 aliphatic heterocycles. The highest BCUT2D eigenvalue weighted by Crippen LogP contribution is 2.21. The second kappa shape index (κ2) is 6.58. The first-order valence-corrected chi connectivity index (χ1v) is 7.41. The van der Waals surface area contributed by atoms with Crippen molar-refractivity contribution in [3.8, 4) is 0 Å². The number of aromatic nitrogens is 2. The van der Waals surface area contributed by atoms with Crippen LogP contribution in [0.25, 0.3) is 0 Å². The van der Waals surface area contributed by atoms with Crippen LogP contribution in [0.4, 0.5) is 5.13 Å². The van der Waals surface area contributed by atoms with E-state index in [0.29, 0.717) is 16.4 Å². The van der Waals surface area contributed by atoms with Crippen LogP contribution in [-0.4, -0.2) is 22.4 Å². The summed E-state index contributed by atoms with van der Waals surface area (Å²) < 4.78 is 0. The van der Waals surface area contributed by atoms with Gasteiger partial charge in [0.2, 0.25) is 0 Å². The van der Waals surface area contributed by atoms with Gasteiger partial charge in [-0.1, -0.05) is 6.92 Å². The Morgan fingerprint density at radius 1 is 1.50 bits per heavy atom. The zero-order valence-corrected chi connectivity index (χ0v) is 12.6. The Kier molecular flexibility index (Phi) is 4.81. The van der Waals surface area contributed by atoms with Crippen molar-refractivity contribution in [2.24, 2.45) is 0 Å². The summed E-state index contributed by atoms with van der Waals surface area (Å²) in [6.45, 7) is 6.80. The molecule has 106 valence electrons. The highest BCUT2D eigenvalue weighted by Gasteiger charge is 2.13. The summed E-state index contributed by atoms with van der Waals surface area (Å²) in [5.74, 6) is -0.174. The minimum Gasteiger partial charge on any atom is -0.309 e. The van der Waals surface area contributed by atoms with Crippen molar-refractivity contribution in [2.45, 2.75) is 26.8 Å². The van der Waals surface area contributed by atoms with E-state index in [1.54, 1.807) is 18.3 Å². The average Bonchev–Trinajstić information content (AvgIpc) is 2.88. The highest BCUT2D eigenvalue weighted by atomic mass is 32.1. The summed E-state index contributed by atoms with van der Waals surface area (Å²) in [5, 5.41) is 8.67. The Bertz CT molecular complexity index is 596. The fourth-order valence-corrected chi connectivity index (χ4v) is 2.64. The van der Waals surface area contributed by atoms with E-state index in [1.807, 2.05) is 12.3 Å². The van der Waals surface area contributed by atoms with E-state index >= 15 is 0 Å². The van der Waals surface area contributed by atoms with Gasteiger partial charge in [-0.05, 0) is 32.5 Å². The SMILES string of the molecule is CCNC(C)c1csc(NC(=O)c2cccnc2C)n1. The second-order valence-corrected chi connectivity index (χ2v) is 5.31. The van der Waals surface area contributed by atoms with Crippen LogP contribution in [0.2, 0.25) is 0 Å². The summed E-state index contributed by atoms with van der Waals surface area (Å²) in [4.78, 5) is 20.7. The number of carbonyl (C=O) groups is 1. The van der Waals surface area contributed by atoms with Gasteiger partial charge in [-0.3, -0.25) is 15.1 Å². The van der Waals surface area contributed by atoms with Crippen LogP contribution in [0.3, 0.4) is 0 Å². The molecule has 2 aromatic heterocycles. The molecule has 2 rings (SSSR count). The first-order chi connectivity index (χ1) is 9.61. The van der Waals surface area contributed by atoms with Crippen molar-refractivity contribution < 1.29 is 4.79 Å². The molecule has 0 radical (unpaired) electrons. The molecule has 1 unspecified atom stereocenters. The van der Waals surface area contributed by atoms with Gasteiger partial charge in [-0.15, -0.1) is 11.3 Å². The van der Waals surface area contributed by atoms with Crippen molar-refractivity contribution in [2.75, 3.05) is 11.9 Å². The molecule has 5 nitrogen and oxygen atoms in total. The molecule has 6 heteroatoms. The minimum atomic E-state index is -0.174. The van der Waals surface area contributed by atoms with Crippen LogP contribution < -0.4 is 10.6 Å². The fraction of sp³-hybridized carbons (Fsp3) is 0.357. The van der Waals surface area contributed by atoms with E-state index in [9.17, 15) is 4.79 Å². The first-order valence-electron chi connectivity index (χ1n) is 6.53. The second-order valence-electron chi connectivity index (χ2n) is 4.45. The third-order valence-electron chi connectivity index (χ3n) is 2.95. The smallest absolute Gasteiger partial charge is 0.259 e. The lowest BCUT2D eigenvalue weighted by Gasteiger charge is -2.08. The highest BCUT2D eigenvalue weighted by molar-refractivity contribution is 7.14. The van der Waals surface area contributed by atoms with Crippen molar-refractivity contribution in [3.05, 3.63) is 40.7 Å². The molecule has 0 bridgehead atoms.